The van der Waals surface area contributed by atoms with Crippen LogP contribution in [0.15, 0.2) is 6.20 Å². The van der Waals surface area contributed by atoms with E-state index in [4.69, 9.17) is 5.11 Å². The predicted octanol–water partition coefficient (Wildman–Crippen LogP) is 1.83. The number of carboxylic acids is 1. The Balaban J connectivity index is 1.52. The lowest BCUT2D eigenvalue weighted by Gasteiger charge is -2.42. The molecule has 1 aromatic rings. The van der Waals surface area contributed by atoms with Crippen molar-refractivity contribution >= 4 is 11.9 Å². The van der Waals surface area contributed by atoms with Crippen molar-refractivity contribution in [3.8, 4) is 0 Å². The SMILES string of the molecule is Cc1c(C(=O)NC2CC(N(CC(=O)O)CC3CC3)C2)cnn1C(C)C. The Kier molecular flexibility index (Phi) is 5.13. The summed E-state index contributed by atoms with van der Waals surface area (Å²) in [6, 6.07) is 0.609. The van der Waals surface area contributed by atoms with Gasteiger partial charge in [0.25, 0.3) is 5.91 Å². The van der Waals surface area contributed by atoms with E-state index in [9.17, 15) is 9.59 Å². The molecule has 0 unspecified atom stereocenters. The Morgan fingerprint density at radius 2 is 2.08 bits per heavy atom. The van der Waals surface area contributed by atoms with Gasteiger partial charge in [-0.15, -0.1) is 0 Å². The maximum atomic E-state index is 12.5. The van der Waals surface area contributed by atoms with Gasteiger partial charge >= 0.3 is 5.97 Å². The molecule has 2 fully saturated rings. The molecular weight excluding hydrogens is 320 g/mol. The summed E-state index contributed by atoms with van der Waals surface area (Å²) < 4.78 is 1.85. The van der Waals surface area contributed by atoms with E-state index in [-0.39, 0.29) is 30.6 Å². The first-order chi connectivity index (χ1) is 11.8. The van der Waals surface area contributed by atoms with Gasteiger partial charge in [0.15, 0.2) is 0 Å². The van der Waals surface area contributed by atoms with Crippen LogP contribution in [0.2, 0.25) is 0 Å². The first-order valence-electron chi connectivity index (χ1n) is 9.16. The van der Waals surface area contributed by atoms with Gasteiger partial charge in [0.05, 0.1) is 18.3 Å². The molecule has 25 heavy (non-hydrogen) atoms. The molecule has 0 aromatic carbocycles. The Labute approximate surface area is 148 Å². The molecule has 3 rings (SSSR count). The maximum Gasteiger partial charge on any atom is 0.317 e. The van der Waals surface area contributed by atoms with Gasteiger partial charge in [-0.25, -0.2) is 0 Å². The number of aliphatic carboxylic acids is 1. The first kappa shape index (κ1) is 17.9. The highest BCUT2D eigenvalue weighted by atomic mass is 16.4. The lowest BCUT2D eigenvalue weighted by molar-refractivity contribution is -0.139. The zero-order valence-electron chi connectivity index (χ0n) is 15.2. The fraction of sp³-hybridized carbons (Fsp3) is 0.722. The third kappa shape index (κ3) is 4.21. The van der Waals surface area contributed by atoms with Crippen molar-refractivity contribution in [3.05, 3.63) is 17.5 Å². The summed E-state index contributed by atoms with van der Waals surface area (Å²) in [6.45, 7) is 6.96. The van der Waals surface area contributed by atoms with Gasteiger partial charge < -0.3 is 10.4 Å². The number of nitrogens with one attached hydrogen (secondary N) is 1. The number of rotatable bonds is 8. The summed E-state index contributed by atoms with van der Waals surface area (Å²) in [5, 5.41) is 16.5. The van der Waals surface area contributed by atoms with Gasteiger partial charge in [-0.2, -0.15) is 5.10 Å². The van der Waals surface area contributed by atoms with Crippen molar-refractivity contribution in [3.63, 3.8) is 0 Å². The smallest absolute Gasteiger partial charge is 0.317 e. The second-order valence-electron chi connectivity index (χ2n) is 7.74. The molecule has 1 aromatic heterocycles. The second-order valence-corrected chi connectivity index (χ2v) is 7.74. The zero-order chi connectivity index (χ0) is 18.1. The van der Waals surface area contributed by atoms with Gasteiger partial charge in [0.2, 0.25) is 0 Å². The number of nitrogens with zero attached hydrogens (tertiary/aromatic N) is 3. The molecule has 0 spiro atoms. The van der Waals surface area contributed by atoms with Crippen LogP contribution in [0.5, 0.6) is 0 Å². The molecule has 1 heterocycles. The van der Waals surface area contributed by atoms with E-state index in [0.717, 1.165) is 25.1 Å². The fourth-order valence-electron chi connectivity index (χ4n) is 3.58. The number of amides is 1. The van der Waals surface area contributed by atoms with Crippen LogP contribution in [0.4, 0.5) is 0 Å². The summed E-state index contributed by atoms with van der Waals surface area (Å²) in [6.07, 6.45) is 5.70. The van der Waals surface area contributed by atoms with Crippen molar-refractivity contribution in [1.82, 2.24) is 20.0 Å². The average molecular weight is 348 g/mol. The molecule has 0 aliphatic heterocycles. The average Bonchev–Trinajstić information content (AvgIpc) is 3.20. The van der Waals surface area contributed by atoms with E-state index in [1.165, 1.54) is 12.8 Å². The quantitative estimate of drug-likeness (QED) is 0.748. The van der Waals surface area contributed by atoms with Crippen LogP contribution in [-0.4, -0.2) is 56.8 Å². The molecular formula is C18H28N4O3. The van der Waals surface area contributed by atoms with Gasteiger partial charge in [-0.3, -0.25) is 19.2 Å². The standard InChI is InChI=1S/C18H28N4O3/c1-11(2)22-12(3)16(8-19-22)18(25)20-14-6-15(7-14)21(10-17(23)24)9-13-4-5-13/h8,11,13-15H,4-7,9-10H2,1-3H3,(H,20,25)(H,23,24). The van der Waals surface area contributed by atoms with E-state index in [1.54, 1.807) is 6.20 Å². The largest absolute Gasteiger partial charge is 0.480 e. The van der Waals surface area contributed by atoms with Gasteiger partial charge in [0.1, 0.15) is 0 Å². The highest BCUT2D eigenvalue weighted by Crippen LogP contribution is 2.33. The maximum absolute atomic E-state index is 12.5. The van der Waals surface area contributed by atoms with Gasteiger partial charge in [0, 0.05) is 30.4 Å². The van der Waals surface area contributed by atoms with Crippen LogP contribution >= 0.6 is 0 Å². The molecule has 2 saturated carbocycles. The lowest BCUT2D eigenvalue weighted by Crippen LogP contribution is -2.55. The fourth-order valence-corrected chi connectivity index (χ4v) is 3.58. The highest BCUT2D eigenvalue weighted by molar-refractivity contribution is 5.95. The number of carboxylic acid groups (broad SMARTS) is 1. The predicted molar refractivity (Wildman–Crippen MR) is 93.6 cm³/mol. The summed E-state index contributed by atoms with van der Waals surface area (Å²) in [5.74, 6) is -0.192. The minimum Gasteiger partial charge on any atom is -0.480 e. The minimum atomic E-state index is -0.773. The monoisotopic (exact) mass is 348 g/mol. The van der Waals surface area contributed by atoms with E-state index >= 15 is 0 Å². The molecule has 2 N–H and O–H groups in total. The molecule has 7 heteroatoms. The zero-order valence-corrected chi connectivity index (χ0v) is 15.2. The third-order valence-electron chi connectivity index (χ3n) is 5.27. The minimum absolute atomic E-state index is 0.0835. The van der Waals surface area contributed by atoms with E-state index in [1.807, 2.05) is 25.5 Å². The molecule has 0 radical (unpaired) electrons. The van der Waals surface area contributed by atoms with Crippen LogP contribution < -0.4 is 5.32 Å². The van der Waals surface area contributed by atoms with Crippen molar-refractivity contribution in [1.29, 1.82) is 0 Å². The van der Waals surface area contributed by atoms with Crippen LogP contribution in [0.3, 0.4) is 0 Å². The van der Waals surface area contributed by atoms with Crippen LogP contribution in [0.1, 0.15) is 61.6 Å². The van der Waals surface area contributed by atoms with Crippen molar-refractivity contribution < 1.29 is 14.7 Å². The van der Waals surface area contributed by atoms with E-state index in [2.05, 4.69) is 15.3 Å². The molecule has 1 amide bonds. The summed E-state index contributed by atoms with van der Waals surface area (Å²) in [7, 11) is 0. The number of hydrogen-bond acceptors (Lipinski definition) is 4. The topological polar surface area (TPSA) is 87.5 Å². The number of carbonyl (C=O) groups excluding carboxylic acids is 1. The van der Waals surface area contributed by atoms with Crippen LogP contribution in [-0.2, 0) is 4.79 Å². The third-order valence-corrected chi connectivity index (χ3v) is 5.27. The van der Waals surface area contributed by atoms with Crippen LogP contribution in [0, 0.1) is 12.8 Å². The highest BCUT2D eigenvalue weighted by Gasteiger charge is 2.38. The molecule has 0 bridgehead atoms. The molecule has 2 aliphatic carbocycles. The Hall–Kier alpha value is -1.89. The molecule has 0 atom stereocenters. The number of carbonyl (C=O) groups is 2. The summed E-state index contributed by atoms with van der Waals surface area (Å²) in [5.41, 5.74) is 1.50. The Bertz CT molecular complexity index is 645. The normalized spacial score (nSPS) is 22.9. The van der Waals surface area contributed by atoms with Crippen molar-refractivity contribution in [2.24, 2.45) is 5.92 Å². The van der Waals surface area contributed by atoms with E-state index in [0.29, 0.717) is 11.5 Å². The number of hydrogen-bond donors (Lipinski definition) is 2. The van der Waals surface area contributed by atoms with E-state index < -0.39 is 5.97 Å². The molecule has 2 aliphatic rings. The van der Waals surface area contributed by atoms with Gasteiger partial charge in [-0.1, -0.05) is 0 Å². The second kappa shape index (κ2) is 7.15. The molecule has 7 nitrogen and oxygen atoms in total. The first-order valence-corrected chi connectivity index (χ1v) is 9.16. The Morgan fingerprint density at radius 1 is 1.40 bits per heavy atom. The van der Waals surface area contributed by atoms with Crippen molar-refractivity contribution in [2.75, 3.05) is 13.1 Å². The molecule has 0 saturated heterocycles. The summed E-state index contributed by atoms with van der Waals surface area (Å²) >= 11 is 0. The molecule has 138 valence electrons. The number of aromatic nitrogens is 2. The Morgan fingerprint density at radius 3 is 2.60 bits per heavy atom. The lowest BCUT2D eigenvalue weighted by atomic mass is 9.85. The van der Waals surface area contributed by atoms with Crippen molar-refractivity contribution in [2.45, 2.75) is 64.6 Å². The van der Waals surface area contributed by atoms with Crippen LogP contribution in [0.25, 0.3) is 0 Å². The van der Waals surface area contributed by atoms with Gasteiger partial charge in [-0.05, 0) is 52.4 Å². The summed E-state index contributed by atoms with van der Waals surface area (Å²) in [4.78, 5) is 25.6.